The first-order valence-corrected chi connectivity index (χ1v) is 12.0. The Balaban J connectivity index is 1.86. The zero-order chi connectivity index (χ0) is 21.6. The van der Waals surface area contributed by atoms with E-state index in [2.05, 4.69) is 13.8 Å². The summed E-state index contributed by atoms with van der Waals surface area (Å²) in [5.41, 5.74) is -0.604. The monoisotopic (exact) mass is 418 g/mol. The fraction of sp³-hybridized carbons (Fsp3) is 0.654. The van der Waals surface area contributed by atoms with E-state index in [1.807, 2.05) is 0 Å². The zero-order valence-electron chi connectivity index (χ0n) is 18.9. The molecule has 2 aromatic rings. The van der Waals surface area contributed by atoms with Crippen LogP contribution in [0.15, 0.2) is 27.4 Å². The summed E-state index contributed by atoms with van der Waals surface area (Å²) in [6.45, 7) is 4.87. The van der Waals surface area contributed by atoms with Crippen molar-refractivity contribution in [2.75, 3.05) is 6.61 Å². The van der Waals surface area contributed by atoms with Gasteiger partial charge in [0, 0.05) is 6.42 Å². The van der Waals surface area contributed by atoms with E-state index >= 15 is 0 Å². The normalized spacial score (nSPS) is 11.3. The molecule has 0 spiro atoms. The van der Waals surface area contributed by atoms with Crippen molar-refractivity contribution >= 4 is 10.8 Å². The molecule has 0 aliphatic carbocycles. The average molecular weight is 419 g/mol. The molecule has 0 atom stereocenters. The molecule has 3 nitrogen and oxygen atoms in total. The van der Waals surface area contributed by atoms with Gasteiger partial charge < -0.3 is 9.15 Å². The number of hydrogen-bond donors (Lipinski definition) is 0. The van der Waals surface area contributed by atoms with Gasteiger partial charge in [0.25, 0.3) is 0 Å². The highest BCUT2D eigenvalue weighted by Crippen LogP contribution is 2.25. The number of halogens is 1. The summed E-state index contributed by atoms with van der Waals surface area (Å²) in [4.78, 5) is 12.4. The molecule has 0 amide bonds. The molecule has 0 aliphatic heterocycles. The summed E-state index contributed by atoms with van der Waals surface area (Å²) in [6, 6.07) is 5.19. The van der Waals surface area contributed by atoms with Gasteiger partial charge in [-0.2, -0.15) is 0 Å². The number of hydrogen-bond acceptors (Lipinski definition) is 3. The standard InChI is InChI=1S/C26H39FO3/c1-3-5-7-9-10-11-12-14-16-22-20-21-17-18-23(25(27)24(21)26(28)30-22)29-19-15-13-8-6-4-2/h17-18,20H,3-16,19H2,1-2H3. The predicted molar refractivity (Wildman–Crippen MR) is 123 cm³/mol. The maximum Gasteiger partial charge on any atom is 0.346 e. The van der Waals surface area contributed by atoms with Gasteiger partial charge >= 0.3 is 5.63 Å². The molecule has 0 radical (unpaired) electrons. The Morgan fingerprint density at radius 2 is 1.43 bits per heavy atom. The lowest BCUT2D eigenvalue weighted by atomic mass is 10.1. The van der Waals surface area contributed by atoms with E-state index in [1.54, 1.807) is 18.2 Å². The van der Waals surface area contributed by atoms with Gasteiger partial charge in [0.2, 0.25) is 0 Å². The number of benzene rings is 1. The SMILES string of the molecule is CCCCCCCCCCc1cc2ccc(OCCCCCCC)c(F)c2c(=O)o1. The van der Waals surface area contributed by atoms with Crippen LogP contribution in [-0.2, 0) is 6.42 Å². The van der Waals surface area contributed by atoms with Crippen molar-refractivity contribution in [1.29, 1.82) is 0 Å². The third kappa shape index (κ3) is 8.12. The van der Waals surface area contributed by atoms with Gasteiger partial charge in [-0.3, -0.25) is 0 Å². The molecule has 0 N–H and O–H groups in total. The van der Waals surface area contributed by atoms with E-state index < -0.39 is 11.4 Å². The maximum atomic E-state index is 14.8. The minimum absolute atomic E-state index is 0.00171. The molecule has 1 aromatic carbocycles. The third-order valence-corrected chi connectivity index (χ3v) is 5.67. The minimum atomic E-state index is -0.604. The van der Waals surface area contributed by atoms with E-state index in [9.17, 15) is 9.18 Å². The quantitative estimate of drug-likeness (QED) is 0.260. The van der Waals surface area contributed by atoms with E-state index in [4.69, 9.17) is 9.15 Å². The second-order valence-electron chi connectivity index (χ2n) is 8.33. The summed E-state index contributed by atoms with van der Waals surface area (Å²) >= 11 is 0. The summed E-state index contributed by atoms with van der Waals surface area (Å²) < 4.78 is 25.8. The number of aryl methyl sites for hydroxylation is 1. The molecule has 0 saturated heterocycles. The van der Waals surface area contributed by atoms with Crippen molar-refractivity contribution in [3.05, 3.63) is 40.2 Å². The van der Waals surface area contributed by atoms with Crippen LogP contribution in [0.3, 0.4) is 0 Å². The molecule has 1 heterocycles. The molecule has 4 heteroatoms. The number of rotatable bonds is 16. The average Bonchev–Trinajstić information content (AvgIpc) is 2.73. The highest BCUT2D eigenvalue weighted by atomic mass is 19.1. The van der Waals surface area contributed by atoms with Crippen molar-refractivity contribution < 1.29 is 13.5 Å². The summed E-state index contributed by atoms with van der Waals surface area (Å²) in [5.74, 6) is 0.178. The molecule has 0 saturated carbocycles. The summed E-state index contributed by atoms with van der Waals surface area (Å²) in [6.07, 6.45) is 16.1. The van der Waals surface area contributed by atoms with Crippen molar-refractivity contribution in [2.24, 2.45) is 0 Å². The van der Waals surface area contributed by atoms with Crippen LogP contribution < -0.4 is 10.4 Å². The van der Waals surface area contributed by atoms with Crippen LogP contribution in [0.4, 0.5) is 4.39 Å². The lowest BCUT2D eigenvalue weighted by Crippen LogP contribution is -2.07. The van der Waals surface area contributed by atoms with Gasteiger partial charge in [0.05, 0.1) is 6.61 Å². The smallest absolute Gasteiger partial charge is 0.346 e. The summed E-state index contributed by atoms with van der Waals surface area (Å²) in [5, 5.41) is 0.590. The molecule has 30 heavy (non-hydrogen) atoms. The first-order valence-electron chi connectivity index (χ1n) is 12.0. The Bertz CT molecular complexity index is 797. The topological polar surface area (TPSA) is 39.4 Å². The Kier molecular flexibility index (Phi) is 11.6. The molecule has 0 bridgehead atoms. The van der Waals surface area contributed by atoms with Crippen molar-refractivity contribution in [1.82, 2.24) is 0 Å². The molecule has 1 aromatic heterocycles. The van der Waals surface area contributed by atoms with Crippen LogP contribution >= 0.6 is 0 Å². The molecule has 0 unspecified atom stereocenters. The Morgan fingerprint density at radius 3 is 2.10 bits per heavy atom. The van der Waals surface area contributed by atoms with Crippen LogP contribution in [0.2, 0.25) is 0 Å². The lowest BCUT2D eigenvalue weighted by molar-refractivity contribution is 0.291. The van der Waals surface area contributed by atoms with Crippen molar-refractivity contribution in [3.63, 3.8) is 0 Å². The van der Waals surface area contributed by atoms with Crippen LogP contribution in [0.1, 0.15) is 103 Å². The lowest BCUT2D eigenvalue weighted by Gasteiger charge is -2.09. The highest BCUT2D eigenvalue weighted by Gasteiger charge is 2.14. The second kappa shape index (κ2) is 14.2. The molecular formula is C26H39FO3. The Labute approximate surface area is 181 Å². The van der Waals surface area contributed by atoms with Gasteiger partial charge in [0.1, 0.15) is 11.1 Å². The number of fused-ring (bicyclic) bond motifs is 1. The first kappa shape index (κ1) is 24.4. The zero-order valence-corrected chi connectivity index (χ0v) is 18.9. The Hall–Kier alpha value is -1.84. The van der Waals surface area contributed by atoms with Crippen molar-refractivity contribution in [3.8, 4) is 5.75 Å². The van der Waals surface area contributed by atoms with Crippen LogP contribution in [-0.4, -0.2) is 6.61 Å². The van der Waals surface area contributed by atoms with Crippen LogP contribution in [0, 0.1) is 5.82 Å². The summed E-state index contributed by atoms with van der Waals surface area (Å²) in [7, 11) is 0. The van der Waals surface area contributed by atoms with Crippen LogP contribution in [0.5, 0.6) is 5.75 Å². The van der Waals surface area contributed by atoms with Crippen LogP contribution in [0.25, 0.3) is 10.8 Å². The molecular weight excluding hydrogens is 379 g/mol. The van der Waals surface area contributed by atoms with E-state index in [-0.39, 0.29) is 11.1 Å². The van der Waals surface area contributed by atoms with E-state index in [0.29, 0.717) is 17.8 Å². The highest BCUT2D eigenvalue weighted by molar-refractivity contribution is 5.83. The van der Waals surface area contributed by atoms with Gasteiger partial charge in [-0.05, 0) is 30.4 Å². The van der Waals surface area contributed by atoms with Gasteiger partial charge in [0.15, 0.2) is 11.6 Å². The fourth-order valence-corrected chi connectivity index (χ4v) is 3.83. The minimum Gasteiger partial charge on any atom is -0.490 e. The number of unbranched alkanes of at least 4 members (excludes halogenated alkanes) is 11. The molecule has 0 aliphatic rings. The van der Waals surface area contributed by atoms with Gasteiger partial charge in [-0.15, -0.1) is 0 Å². The largest absolute Gasteiger partial charge is 0.490 e. The fourth-order valence-electron chi connectivity index (χ4n) is 3.83. The number of ether oxygens (including phenoxy) is 1. The van der Waals surface area contributed by atoms with Gasteiger partial charge in [-0.1, -0.05) is 90.5 Å². The Morgan fingerprint density at radius 1 is 0.833 bits per heavy atom. The maximum absolute atomic E-state index is 14.8. The van der Waals surface area contributed by atoms with E-state index in [0.717, 1.165) is 32.1 Å². The molecule has 0 fully saturated rings. The second-order valence-corrected chi connectivity index (χ2v) is 8.33. The predicted octanol–water partition coefficient (Wildman–Crippen LogP) is 7.96. The van der Waals surface area contributed by atoms with Gasteiger partial charge in [-0.25, -0.2) is 9.18 Å². The van der Waals surface area contributed by atoms with E-state index in [1.165, 1.54) is 57.8 Å². The molecule has 168 valence electrons. The third-order valence-electron chi connectivity index (χ3n) is 5.67. The van der Waals surface area contributed by atoms with Crippen molar-refractivity contribution in [2.45, 2.75) is 104 Å². The first-order chi connectivity index (χ1) is 14.7. The molecule has 2 rings (SSSR count).